The maximum atomic E-state index is 12.2. The standard InChI is InChI=1S/C16H27N3O2S/c1-13(14-5-10-22-11-14)18-6-8-19(9-7-18)15(20)17-12-16(2,3)21-4/h5,10-11,13H,6-9,12H2,1-4H3,(H,17,20)/t13-/m1/s1. The van der Waals surface area contributed by atoms with Gasteiger partial charge in [0.1, 0.15) is 0 Å². The summed E-state index contributed by atoms with van der Waals surface area (Å²) >= 11 is 1.74. The van der Waals surface area contributed by atoms with E-state index in [1.807, 2.05) is 18.7 Å². The molecule has 6 heteroatoms. The number of carbonyl (C=O) groups excluding carboxylic acids is 1. The molecule has 0 unspecified atom stereocenters. The summed E-state index contributed by atoms with van der Waals surface area (Å²) in [5.41, 5.74) is 1.04. The molecule has 0 saturated carbocycles. The van der Waals surface area contributed by atoms with Crippen LogP contribution in [-0.4, -0.2) is 61.3 Å². The van der Waals surface area contributed by atoms with Crippen molar-refractivity contribution < 1.29 is 9.53 Å². The van der Waals surface area contributed by atoms with E-state index in [9.17, 15) is 4.79 Å². The molecule has 5 nitrogen and oxygen atoms in total. The van der Waals surface area contributed by atoms with E-state index < -0.39 is 0 Å². The Morgan fingerprint density at radius 3 is 2.64 bits per heavy atom. The maximum Gasteiger partial charge on any atom is 0.317 e. The van der Waals surface area contributed by atoms with Gasteiger partial charge in [-0.1, -0.05) is 0 Å². The number of amides is 2. The highest BCUT2D eigenvalue weighted by Gasteiger charge is 2.26. The van der Waals surface area contributed by atoms with Gasteiger partial charge in [0.15, 0.2) is 0 Å². The molecule has 124 valence electrons. The van der Waals surface area contributed by atoms with Gasteiger partial charge in [0.05, 0.1) is 5.60 Å². The number of carbonyl (C=O) groups is 1. The van der Waals surface area contributed by atoms with E-state index in [1.165, 1.54) is 5.56 Å². The molecule has 1 aliphatic heterocycles. The van der Waals surface area contributed by atoms with Gasteiger partial charge in [0.2, 0.25) is 0 Å². The van der Waals surface area contributed by atoms with E-state index in [4.69, 9.17) is 4.74 Å². The van der Waals surface area contributed by atoms with Crippen LogP contribution in [0, 0.1) is 0 Å². The van der Waals surface area contributed by atoms with Crippen molar-refractivity contribution in [3.63, 3.8) is 0 Å². The van der Waals surface area contributed by atoms with Gasteiger partial charge in [-0.05, 0) is 43.2 Å². The summed E-state index contributed by atoms with van der Waals surface area (Å²) in [6, 6.07) is 2.61. The lowest BCUT2D eigenvalue weighted by Crippen LogP contribution is -2.53. The fraction of sp³-hybridized carbons (Fsp3) is 0.688. The monoisotopic (exact) mass is 325 g/mol. The second-order valence-electron chi connectivity index (χ2n) is 6.38. The zero-order chi connectivity index (χ0) is 16.2. The number of piperazine rings is 1. The van der Waals surface area contributed by atoms with Crippen molar-refractivity contribution in [3.05, 3.63) is 22.4 Å². The van der Waals surface area contributed by atoms with Gasteiger partial charge < -0.3 is 15.0 Å². The van der Waals surface area contributed by atoms with E-state index in [-0.39, 0.29) is 11.6 Å². The molecule has 1 aromatic heterocycles. The molecule has 1 aromatic rings. The molecule has 0 aromatic carbocycles. The third-order valence-electron chi connectivity index (χ3n) is 4.39. The molecule has 0 bridgehead atoms. The minimum Gasteiger partial charge on any atom is -0.377 e. The summed E-state index contributed by atoms with van der Waals surface area (Å²) in [5.74, 6) is 0. The predicted molar refractivity (Wildman–Crippen MR) is 90.4 cm³/mol. The highest BCUT2D eigenvalue weighted by atomic mass is 32.1. The van der Waals surface area contributed by atoms with Crippen molar-refractivity contribution in [2.75, 3.05) is 39.8 Å². The SMILES string of the molecule is COC(C)(C)CNC(=O)N1CCN([C@H](C)c2ccsc2)CC1. The number of thiophene rings is 1. The van der Waals surface area contributed by atoms with Crippen LogP contribution in [0.15, 0.2) is 16.8 Å². The molecule has 2 heterocycles. The lowest BCUT2D eigenvalue weighted by atomic mass is 10.1. The average molecular weight is 325 g/mol. The second-order valence-corrected chi connectivity index (χ2v) is 7.16. The minimum absolute atomic E-state index is 0.00737. The van der Waals surface area contributed by atoms with Crippen molar-refractivity contribution in [1.29, 1.82) is 0 Å². The minimum atomic E-state index is -0.328. The zero-order valence-corrected chi connectivity index (χ0v) is 14.8. The van der Waals surface area contributed by atoms with Crippen LogP contribution in [0.3, 0.4) is 0 Å². The van der Waals surface area contributed by atoms with E-state index in [0.29, 0.717) is 12.6 Å². The van der Waals surface area contributed by atoms with Crippen LogP contribution in [0.25, 0.3) is 0 Å². The zero-order valence-electron chi connectivity index (χ0n) is 14.0. The third kappa shape index (κ3) is 4.44. The summed E-state index contributed by atoms with van der Waals surface area (Å²) in [7, 11) is 1.66. The summed E-state index contributed by atoms with van der Waals surface area (Å²) in [4.78, 5) is 16.5. The molecule has 0 radical (unpaired) electrons. The van der Waals surface area contributed by atoms with E-state index in [2.05, 4.69) is 34.0 Å². The third-order valence-corrected chi connectivity index (χ3v) is 5.09. The summed E-state index contributed by atoms with van der Waals surface area (Å²) in [6.45, 7) is 10.1. The molecule has 1 atom stereocenters. The van der Waals surface area contributed by atoms with E-state index in [1.54, 1.807) is 18.4 Å². The maximum absolute atomic E-state index is 12.2. The summed E-state index contributed by atoms with van der Waals surface area (Å²) < 4.78 is 5.32. The van der Waals surface area contributed by atoms with Crippen LogP contribution in [0.5, 0.6) is 0 Å². The highest BCUT2D eigenvalue weighted by Crippen LogP contribution is 2.23. The van der Waals surface area contributed by atoms with Gasteiger partial charge in [0, 0.05) is 45.9 Å². The number of hydrogen-bond donors (Lipinski definition) is 1. The topological polar surface area (TPSA) is 44.8 Å². The fourth-order valence-electron chi connectivity index (χ4n) is 2.51. The molecular weight excluding hydrogens is 298 g/mol. The van der Waals surface area contributed by atoms with Gasteiger partial charge in [-0.2, -0.15) is 11.3 Å². The van der Waals surface area contributed by atoms with Crippen molar-refractivity contribution in [3.8, 4) is 0 Å². The largest absolute Gasteiger partial charge is 0.377 e. The average Bonchev–Trinajstić information content (AvgIpc) is 3.06. The van der Waals surface area contributed by atoms with Crippen LogP contribution >= 0.6 is 11.3 Å². The molecule has 2 rings (SSSR count). The Labute approximate surface area is 137 Å². The molecule has 0 aliphatic carbocycles. The van der Waals surface area contributed by atoms with Crippen molar-refractivity contribution >= 4 is 17.4 Å². The first-order valence-electron chi connectivity index (χ1n) is 7.77. The second kappa shape index (κ2) is 7.44. The predicted octanol–water partition coefficient (Wildman–Crippen LogP) is 2.56. The van der Waals surface area contributed by atoms with E-state index >= 15 is 0 Å². The Morgan fingerprint density at radius 2 is 2.09 bits per heavy atom. The van der Waals surface area contributed by atoms with E-state index in [0.717, 1.165) is 26.2 Å². The molecule has 1 fully saturated rings. The van der Waals surface area contributed by atoms with Crippen molar-refractivity contribution in [2.24, 2.45) is 0 Å². The summed E-state index contributed by atoms with van der Waals surface area (Å²) in [6.07, 6.45) is 0. The first kappa shape index (κ1) is 17.2. The number of nitrogens with zero attached hydrogens (tertiary/aromatic N) is 2. The summed E-state index contributed by atoms with van der Waals surface area (Å²) in [5, 5.41) is 7.28. The number of urea groups is 1. The normalized spacial score (nSPS) is 18.3. The first-order chi connectivity index (χ1) is 10.4. The van der Waals surface area contributed by atoms with Gasteiger partial charge in [0.25, 0.3) is 0 Å². The lowest BCUT2D eigenvalue weighted by molar-refractivity contribution is 0.0235. The van der Waals surface area contributed by atoms with Crippen LogP contribution in [0.4, 0.5) is 4.79 Å². The van der Waals surface area contributed by atoms with Crippen LogP contribution in [-0.2, 0) is 4.74 Å². The Bertz CT molecular complexity index is 468. The lowest BCUT2D eigenvalue weighted by Gasteiger charge is -2.38. The van der Waals surface area contributed by atoms with Gasteiger partial charge in [-0.25, -0.2) is 4.79 Å². The number of nitrogens with one attached hydrogen (secondary N) is 1. The number of ether oxygens (including phenoxy) is 1. The van der Waals surface area contributed by atoms with Crippen LogP contribution < -0.4 is 5.32 Å². The van der Waals surface area contributed by atoms with Gasteiger partial charge in [-0.3, -0.25) is 4.90 Å². The fourth-order valence-corrected chi connectivity index (χ4v) is 3.26. The Hall–Kier alpha value is -1.11. The first-order valence-corrected chi connectivity index (χ1v) is 8.71. The Balaban J connectivity index is 1.78. The van der Waals surface area contributed by atoms with Gasteiger partial charge in [-0.15, -0.1) is 0 Å². The quantitative estimate of drug-likeness (QED) is 0.905. The number of methoxy groups -OCH3 is 1. The molecule has 1 N–H and O–H groups in total. The van der Waals surface area contributed by atoms with Crippen LogP contribution in [0.2, 0.25) is 0 Å². The Morgan fingerprint density at radius 1 is 1.41 bits per heavy atom. The van der Waals surface area contributed by atoms with Crippen molar-refractivity contribution in [1.82, 2.24) is 15.1 Å². The Kier molecular flexibility index (Phi) is 5.83. The molecule has 1 aliphatic rings. The molecular formula is C16H27N3O2S. The van der Waals surface area contributed by atoms with Gasteiger partial charge >= 0.3 is 6.03 Å². The molecule has 1 saturated heterocycles. The smallest absolute Gasteiger partial charge is 0.317 e. The molecule has 22 heavy (non-hydrogen) atoms. The molecule has 0 spiro atoms. The van der Waals surface area contributed by atoms with Crippen LogP contribution in [0.1, 0.15) is 32.4 Å². The number of hydrogen-bond acceptors (Lipinski definition) is 4. The highest BCUT2D eigenvalue weighted by molar-refractivity contribution is 7.07. The van der Waals surface area contributed by atoms with Crippen molar-refractivity contribution in [2.45, 2.75) is 32.4 Å². The molecule has 2 amide bonds. The number of rotatable bonds is 5.